The van der Waals surface area contributed by atoms with Gasteiger partial charge in [0.25, 0.3) is 0 Å². The molecule has 0 bridgehead atoms. The van der Waals surface area contributed by atoms with Gasteiger partial charge in [0.1, 0.15) is 5.60 Å². The molecule has 2 fully saturated rings. The summed E-state index contributed by atoms with van der Waals surface area (Å²) in [5, 5.41) is 3.41. The van der Waals surface area contributed by atoms with E-state index >= 15 is 0 Å². The molecule has 7 nitrogen and oxygen atoms in total. The van der Waals surface area contributed by atoms with Crippen LogP contribution in [0.15, 0.2) is 24.3 Å². The number of hydrogen-bond donors (Lipinski definition) is 1. The summed E-state index contributed by atoms with van der Waals surface area (Å²) in [4.78, 5) is 31.2. The molecule has 2 aliphatic heterocycles. The number of anilines is 1. The number of carbonyl (C=O) groups is 2. The first-order chi connectivity index (χ1) is 15.4. The van der Waals surface area contributed by atoms with Crippen molar-refractivity contribution in [3.63, 3.8) is 0 Å². The van der Waals surface area contributed by atoms with E-state index in [-0.39, 0.29) is 23.5 Å². The highest BCUT2D eigenvalue weighted by atomic mass is 16.6. The number of para-hydroxylation sites is 1. The van der Waals surface area contributed by atoms with Gasteiger partial charge in [-0.05, 0) is 50.7 Å². The topological polar surface area (TPSA) is 65.1 Å². The van der Waals surface area contributed by atoms with Gasteiger partial charge in [0.05, 0.1) is 6.54 Å². The van der Waals surface area contributed by atoms with Crippen molar-refractivity contribution in [1.29, 1.82) is 0 Å². The number of amides is 2. The number of benzene rings is 1. The van der Waals surface area contributed by atoms with E-state index < -0.39 is 5.60 Å². The number of rotatable bonds is 4. The van der Waals surface area contributed by atoms with Gasteiger partial charge in [0.2, 0.25) is 5.91 Å². The van der Waals surface area contributed by atoms with Crippen LogP contribution >= 0.6 is 0 Å². The first kappa shape index (κ1) is 25.3. The van der Waals surface area contributed by atoms with E-state index in [1.807, 2.05) is 25.7 Å². The van der Waals surface area contributed by atoms with Crippen LogP contribution in [0.5, 0.6) is 0 Å². The Morgan fingerprint density at radius 2 is 1.52 bits per heavy atom. The molecule has 33 heavy (non-hydrogen) atoms. The van der Waals surface area contributed by atoms with Crippen molar-refractivity contribution in [2.45, 2.75) is 71.4 Å². The molecule has 1 aromatic carbocycles. The molecule has 2 amide bonds. The molecule has 0 aromatic heterocycles. The van der Waals surface area contributed by atoms with Crippen LogP contribution in [0.1, 0.15) is 59.9 Å². The lowest BCUT2D eigenvalue weighted by molar-refractivity contribution is -0.130. The quantitative estimate of drug-likeness (QED) is 0.747. The summed E-state index contributed by atoms with van der Waals surface area (Å²) in [7, 11) is 0. The maximum absolute atomic E-state index is 12.8. The molecule has 0 atom stereocenters. The van der Waals surface area contributed by atoms with Crippen LogP contribution in [0.2, 0.25) is 0 Å². The minimum Gasteiger partial charge on any atom is -0.444 e. The number of carbonyl (C=O) groups excluding carboxylic acids is 2. The van der Waals surface area contributed by atoms with Gasteiger partial charge in [0, 0.05) is 51.0 Å². The SMILES string of the molecule is CC(C)(C)OC(=O)N1CCC(NCC(=O)N2CCN(c3ccccc3C(C)(C)C)CC2)CC1. The summed E-state index contributed by atoms with van der Waals surface area (Å²) in [6.45, 7) is 17.3. The third-order valence-corrected chi connectivity index (χ3v) is 6.37. The monoisotopic (exact) mass is 458 g/mol. The van der Waals surface area contributed by atoms with Crippen molar-refractivity contribution in [3.8, 4) is 0 Å². The van der Waals surface area contributed by atoms with E-state index in [0.29, 0.717) is 19.6 Å². The second-order valence-corrected chi connectivity index (χ2v) is 11.3. The molecule has 0 unspecified atom stereocenters. The normalized spacial score (nSPS) is 18.4. The second kappa shape index (κ2) is 10.3. The van der Waals surface area contributed by atoms with Gasteiger partial charge in [-0.15, -0.1) is 0 Å². The molecule has 184 valence electrons. The van der Waals surface area contributed by atoms with Crippen LogP contribution in [-0.2, 0) is 14.9 Å². The number of piperazine rings is 1. The van der Waals surface area contributed by atoms with Crippen molar-refractivity contribution in [1.82, 2.24) is 15.1 Å². The Morgan fingerprint density at radius 3 is 2.09 bits per heavy atom. The van der Waals surface area contributed by atoms with Crippen LogP contribution in [0.25, 0.3) is 0 Å². The Hall–Kier alpha value is -2.28. The van der Waals surface area contributed by atoms with Crippen LogP contribution in [-0.4, -0.2) is 79.3 Å². The van der Waals surface area contributed by atoms with Crippen molar-refractivity contribution in [2.75, 3.05) is 50.7 Å². The number of piperidine rings is 1. The highest BCUT2D eigenvalue weighted by Crippen LogP contribution is 2.32. The zero-order valence-corrected chi connectivity index (χ0v) is 21.3. The molecule has 0 aliphatic carbocycles. The fourth-order valence-corrected chi connectivity index (χ4v) is 4.52. The first-order valence-electron chi connectivity index (χ1n) is 12.3. The number of nitrogens with zero attached hydrogens (tertiary/aromatic N) is 3. The molecule has 0 radical (unpaired) electrons. The maximum atomic E-state index is 12.8. The van der Waals surface area contributed by atoms with E-state index in [4.69, 9.17) is 4.74 Å². The van der Waals surface area contributed by atoms with Gasteiger partial charge in [-0.3, -0.25) is 4.79 Å². The lowest BCUT2D eigenvalue weighted by Gasteiger charge is -2.39. The molecular formula is C26H42N4O3. The number of nitrogens with one attached hydrogen (secondary N) is 1. The molecule has 1 N–H and O–H groups in total. The molecular weight excluding hydrogens is 416 g/mol. The molecule has 2 heterocycles. The smallest absolute Gasteiger partial charge is 0.410 e. The minimum atomic E-state index is -0.475. The predicted molar refractivity (Wildman–Crippen MR) is 133 cm³/mol. The summed E-state index contributed by atoms with van der Waals surface area (Å²) in [5.41, 5.74) is 2.25. The standard InChI is InChI=1S/C26H42N4O3/c1-25(2,3)21-9-7-8-10-22(21)28-15-17-29(18-16-28)23(31)19-27-20-11-13-30(14-12-20)24(32)33-26(4,5)6/h7-10,20,27H,11-19H2,1-6H3. The third kappa shape index (κ3) is 7.10. The molecule has 3 rings (SSSR count). The average Bonchev–Trinajstić information content (AvgIpc) is 2.76. The Balaban J connectivity index is 1.42. The zero-order valence-electron chi connectivity index (χ0n) is 21.3. The summed E-state index contributed by atoms with van der Waals surface area (Å²) in [6, 6.07) is 8.87. The van der Waals surface area contributed by atoms with Crippen LogP contribution in [0.3, 0.4) is 0 Å². The Morgan fingerprint density at radius 1 is 0.909 bits per heavy atom. The molecule has 0 spiro atoms. The number of hydrogen-bond acceptors (Lipinski definition) is 5. The summed E-state index contributed by atoms with van der Waals surface area (Å²) in [6.07, 6.45) is 1.43. The van der Waals surface area contributed by atoms with Crippen molar-refractivity contribution >= 4 is 17.7 Å². The average molecular weight is 459 g/mol. The Kier molecular flexibility index (Phi) is 7.93. The minimum absolute atomic E-state index is 0.0898. The Labute approximate surface area is 199 Å². The maximum Gasteiger partial charge on any atom is 0.410 e. The lowest BCUT2D eigenvalue weighted by Crippen LogP contribution is -2.53. The first-order valence-corrected chi connectivity index (χ1v) is 12.3. The highest BCUT2D eigenvalue weighted by molar-refractivity contribution is 5.78. The van der Waals surface area contributed by atoms with E-state index in [1.165, 1.54) is 11.3 Å². The molecule has 2 saturated heterocycles. The van der Waals surface area contributed by atoms with Gasteiger partial charge >= 0.3 is 6.09 Å². The fraction of sp³-hybridized carbons (Fsp3) is 0.692. The lowest BCUT2D eigenvalue weighted by atomic mass is 9.85. The largest absolute Gasteiger partial charge is 0.444 e. The molecule has 0 saturated carbocycles. The highest BCUT2D eigenvalue weighted by Gasteiger charge is 2.28. The number of ether oxygens (including phenoxy) is 1. The van der Waals surface area contributed by atoms with Gasteiger partial charge in [-0.25, -0.2) is 4.79 Å². The Bertz CT molecular complexity index is 812. The van der Waals surface area contributed by atoms with Crippen LogP contribution in [0.4, 0.5) is 10.5 Å². The van der Waals surface area contributed by atoms with E-state index in [9.17, 15) is 9.59 Å². The summed E-state index contributed by atoms with van der Waals surface area (Å²) < 4.78 is 5.46. The van der Waals surface area contributed by atoms with Crippen molar-refractivity contribution in [3.05, 3.63) is 29.8 Å². The van der Waals surface area contributed by atoms with E-state index in [2.05, 4.69) is 55.3 Å². The molecule has 1 aromatic rings. The molecule has 7 heteroatoms. The van der Waals surface area contributed by atoms with Crippen LogP contribution in [0, 0.1) is 0 Å². The predicted octanol–water partition coefficient (Wildman–Crippen LogP) is 3.62. The van der Waals surface area contributed by atoms with E-state index in [1.54, 1.807) is 4.90 Å². The summed E-state index contributed by atoms with van der Waals surface area (Å²) >= 11 is 0. The van der Waals surface area contributed by atoms with E-state index in [0.717, 1.165) is 39.0 Å². The van der Waals surface area contributed by atoms with Crippen LogP contribution < -0.4 is 10.2 Å². The van der Waals surface area contributed by atoms with Gasteiger partial charge in [-0.1, -0.05) is 39.0 Å². The second-order valence-electron chi connectivity index (χ2n) is 11.3. The number of likely N-dealkylation sites (tertiary alicyclic amines) is 1. The third-order valence-electron chi connectivity index (χ3n) is 6.37. The van der Waals surface area contributed by atoms with Gasteiger partial charge in [0.15, 0.2) is 0 Å². The van der Waals surface area contributed by atoms with Crippen molar-refractivity contribution < 1.29 is 14.3 Å². The zero-order chi connectivity index (χ0) is 24.2. The molecule has 2 aliphatic rings. The van der Waals surface area contributed by atoms with Gasteiger partial charge in [-0.2, -0.15) is 0 Å². The van der Waals surface area contributed by atoms with Gasteiger partial charge < -0.3 is 24.8 Å². The van der Waals surface area contributed by atoms with Crippen molar-refractivity contribution in [2.24, 2.45) is 0 Å². The summed E-state index contributed by atoms with van der Waals surface area (Å²) in [5.74, 6) is 0.160. The fourth-order valence-electron chi connectivity index (χ4n) is 4.52.